The van der Waals surface area contributed by atoms with Crippen LogP contribution in [0.1, 0.15) is 37.8 Å². The quantitative estimate of drug-likeness (QED) is 0.247. The second kappa shape index (κ2) is 15.4. The van der Waals surface area contributed by atoms with E-state index in [0.29, 0.717) is 28.6 Å². The molecule has 10 heteroatoms. The zero-order valence-corrected chi connectivity index (χ0v) is 25.9. The minimum absolute atomic E-state index is 0.0273. The molecule has 2 amide bonds. The minimum Gasteiger partial charge on any atom is -0.354 e. The maximum atomic E-state index is 13.8. The van der Waals surface area contributed by atoms with E-state index in [1.54, 1.807) is 36.4 Å². The number of amides is 2. The third kappa shape index (κ3) is 9.30. The molecule has 0 aliphatic carbocycles. The van der Waals surface area contributed by atoms with Gasteiger partial charge in [-0.1, -0.05) is 91.6 Å². The number of halogens is 2. The van der Waals surface area contributed by atoms with Crippen molar-refractivity contribution in [1.29, 1.82) is 0 Å². The second-order valence-electron chi connectivity index (χ2n) is 10.3. The molecule has 0 aliphatic rings. The van der Waals surface area contributed by atoms with Crippen LogP contribution in [0.2, 0.25) is 10.0 Å². The van der Waals surface area contributed by atoms with Crippen LogP contribution in [0.15, 0.2) is 83.8 Å². The van der Waals surface area contributed by atoms with Gasteiger partial charge in [0.2, 0.25) is 21.8 Å². The Balaban J connectivity index is 1.87. The fraction of sp³-hybridized carbons (Fsp3) is 0.355. The van der Waals surface area contributed by atoms with Crippen molar-refractivity contribution in [2.24, 2.45) is 5.92 Å². The first-order chi connectivity index (χ1) is 19.5. The first-order valence-corrected chi connectivity index (χ1v) is 15.8. The first-order valence-electron chi connectivity index (χ1n) is 13.6. The summed E-state index contributed by atoms with van der Waals surface area (Å²) in [6, 6.07) is 21.9. The molecule has 1 N–H and O–H groups in total. The molecule has 1 atom stereocenters. The fourth-order valence-corrected chi connectivity index (χ4v) is 6.07. The van der Waals surface area contributed by atoms with Crippen LogP contribution in [0, 0.1) is 5.92 Å². The van der Waals surface area contributed by atoms with E-state index in [0.717, 1.165) is 5.56 Å². The molecule has 0 fully saturated rings. The number of nitrogens with zero attached hydrogens (tertiary/aromatic N) is 2. The zero-order chi connectivity index (χ0) is 30.0. The zero-order valence-electron chi connectivity index (χ0n) is 23.6. The van der Waals surface area contributed by atoms with Crippen LogP contribution in [0.3, 0.4) is 0 Å². The molecule has 0 saturated heterocycles. The van der Waals surface area contributed by atoms with Crippen molar-refractivity contribution in [2.45, 2.75) is 50.6 Å². The summed E-state index contributed by atoms with van der Waals surface area (Å²) in [7, 11) is -2.20. The summed E-state index contributed by atoms with van der Waals surface area (Å²) in [6.07, 6.45) is 0.583. The molecule has 0 unspecified atom stereocenters. The lowest BCUT2D eigenvalue weighted by Gasteiger charge is -2.32. The van der Waals surface area contributed by atoms with Crippen LogP contribution < -0.4 is 5.32 Å². The van der Waals surface area contributed by atoms with Gasteiger partial charge in [-0.05, 0) is 42.2 Å². The molecule has 3 aromatic rings. The lowest BCUT2D eigenvalue weighted by Crippen LogP contribution is -2.51. The first kappa shape index (κ1) is 32.6. The van der Waals surface area contributed by atoms with Crippen molar-refractivity contribution in [1.82, 2.24) is 14.5 Å². The van der Waals surface area contributed by atoms with Crippen molar-refractivity contribution >= 4 is 45.0 Å². The Kier molecular flexibility index (Phi) is 12.2. The van der Waals surface area contributed by atoms with E-state index in [2.05, 4.69) is 5.32 Å². The smallest absolute Gasteiger partial charge is 0.243 e. The highest BCUT2D eigenvalue weighted by atomic mass is 35.5. The number of hydrogen-bond donors (Lipinski definition) is 1. The highest BCUT2D eigenvalue weighted by Crippen LogP contribution is 2.28. The third-order valence-corrected chi connectivity index (χ3v) is 9.24. The average molecular weight is 619 g/mol. The lowest BCUT2D eigenvalue weighted by atomic mass is 10.0. The minimum atomic E-state index is -3.69. The summed E-state index contributed by atoms with van der Waals surface area (Å²) >= 11 is 13.0. The fourth-order valence-electron chi connectivity index (χ4n) is 4.32. The number of benzene rings is 3. The normalized spacial score (nSPS) is 12.4. The molecule has 0 aromatic heterocycles. The van der Waals surface area contributed by atoms with Gasteiger partial charge in [-0.25, -0.2) is 12.7 Å². The number of sulfonamides is 1. The molecular formula is C31H37Cl2N3O4S. The topological polar surface area (TPSA) is 86.8 Å². The van der Waals surface area contributed by atoms with E-state index in [-0.39, 0.29) is 48.6 Å². The average Bonchev–Trinajstić information content (AvgIpc) is 2.95. The molecule has 0 saturated carbocycles. The molecule has 220 valence electrons. The molecule has 0 heterocycles. The summed E-state index contributed by atoms with van der Waals surface area (Å²) in [6.45, 7) is 4.62. The Labute approximate surface area is 253 Å². The van der Waals surface area contributed by atoms with Gasteiger partial charge in [0.15, 0.2) is 0 Å². The molecule has 0 radical (unpaired) electrons. The molecule has 0 bridgehead atoms. The van der Waals surface area contributed by atoms with Crippen LogP contribution in [0.5, 0.6) is 0 Å². The van der Waals surface area contributed by atoms with Gasteiger partial charge in [0, 0.05) is 55.1 Å². The van der Waals surface area contributed by atoms with Gasteiger partial charge in [-0.3, -0.25) is 9.59 Å². The van der Waals surface area contributed by atoms with Gasteiger partial charge in [-0.15, -0.1) is 0 Å². The van der Waals surface area contributed by atoms with E-state index in [9.17, 15) is 18.0 Å². The predicted octanol–water partition coefficient (Wildman–Crippen LogP) is 5.81. The van der Waals surface area contributed by atoms with E-state index in [1.165, 1.54) is 28.4 Å². The van der Waals surface area contributed by atoms with Gasteiger partial charge in [0.05, 0.1) is 4.90 Å². The predicted molar refractivity (Wildman–Crippen MR) is 164 cm³/mol. The summed E-state index contributed by atoms with van der Waals surface area (Å²) in [5.74, 6) is -0.351. The van der Waals surface area contributed by atoms with Crippen LogP contribution in [-0.2, 0) is 32.6 Å². The van der Waals surface area contributed by atoms with E-state index >= 15 is 0 Å². The SMILES string of the molecule is CC(C)CNC(=O)[C@H](Cc1ccccc1)N(Cc1c(Cl)cccc1Cl)C(=O)CCCN(C)S(=O)(=O)c1ccccc1. The second-order valence-corrected chi connectivity index (χ2v) is 13.2. The number of carbonyl (C=O) groups is 2. The Hall–Kier alpha value is -2.91. The highest BCUT2D eigenvalue weighted by molar-refractivity contribution is 7.89. The van der Waals surface area contributed by atoms with Gasteiger partial charge in [0.25, 0.3) is 0 Å². The maximum Gasteiger partial charge on any atom is 0.243 e. The van der Waals surface area contributed by atoms with Gasteiger partial charge < -0.3 is 10.2 Å². The summed E-state index contributed by atoms with van der Waals surface area (Å²) in [4.78, 5) is 29.1. The van der Waals surface area contributed by atoms with Crippen molar-refractivity contribution in [3.63, 3.8) is 0 Å². The maximum absolute atomic E-state index is 13.8. The number of carbonyl (C=O) groups excluding carboxylic acids is 2. The molecule has 7 nitrogen and oxygen atoms in total. The Morgan fingerprint density at radius 3 is 2.05 bits per heavy atom. The van der Waals surface area contributed by atoms with E-state index < -0.39 is 16.1 Å². The Morgan fingerprint density at radius 2 is 1.46 bits per heavy atom. The van der Waals surface area contributed by atoms with Crippen LogP contribution >= 0.6 is 23.2 Å². The largest absolute Gasteiger partial charge is 0.354 e. The standard InChI is InChI=1S/C31H37Cl2N3O4S/c1-23(2)21-34-31(38)29(20-24-12-6-4-7-13-24)36(22-26-27(32)16-10-17-28(26)33)30(37)18-11-19-35(3)41(39,40)25-14-8-5-9-15-25/h4-10,12-17,23,29H,11,18-22H2,1-3H3,(H,34,38)/t29-/m0/s1. The van der Waals surface area contributed by atoms with Gasteiger partial charge >= 0.3 is 0 Å². The van der Waals surface area contributed by atoms with Gasteiger partial charge in [0.1, 0.15) is 6.04 Å². The third-order valence-electron chi connectivity index (χ3n) is 6.66. The van der Waals surface area contributed by atoms with Crippen molar-refractivity contribution in [3.05, 3.63) is 100 Å². The van der Waals surface area contributed by atoms with E-state index in [1.807, 2.05) is 44.2 Å². The monoisotopic (exact) mass is 617 g/mol. The molecule has 0 spiro atoms. The molecule has 3 rings (SSSR count). The number of rotatable bonds is 14. The molecule has 41 heavy (non-hydrogen) atoms. The number of nitrogens with one attached hydrogen (secondary N) is 1. The molecule has 0 aliphatic heterocycles. The van der Waals surface area contributed by atoms with Crippen LogP contribution in [0.25, 0.3) is 0 Å². The van der Waals surface area contributed by atoms with Crippen LogP contribution in [0.4, 0.5) is 0 Å². The summed E-state index contributed by atoms with van der Waals surface area (Å²) < 4.78 is 27.1. The number of hydrogen-bond acceptors (Lipinski definition) is 4. The Morgan fingerprint density at radius 1 is 0.878 bits per heavy atom. The highest BCUT2D eigenvalue weighted by Gasteiger charge is 2.31. The van der Waals surface area contributed by atoms with Crippen molar-refractivity contribution < 1.29 is 18.0 Å². The van der Waals surface area contributed by atoms with Crippen LogP contribution in [-0.4, -0.2) is 55.6 Å². The molecule has 3 aromatic carbocycles. The summed E-state index contributed by atoms with van der Waals surface area (Å²) in [5.41, 5.74) is 1.44. The van der Waals surface area contributed by atoms with Crippen molar-refractivity contribution in [3.8, 4) is 0 Å². The molecular weight excluding hydrogens is 581 g/mol. The van der Waals surface area contributed by atoms with Gasteiger partial charge in [-0.2, -0.15) is 0 Å². The van der Waals surface area contributed by atoms with E-state index in [4.69, 9.17) is 23.2 Å². The van der Waals surface area contributed by atoms with Crippen molar-refractivity contribution in [2.75, 3.05) is 20.1 Å². The lowest BCUT2D eigenvalue weighted by molar-refractivity contribution is -0.141. The summed E-state index contributed by atoms with van der Waals surface area (Å²) in [5, 5.41) is 3.77. The Bertz CT molecular complexity index is 1380.